The van der Waals surface area contributed by atoms with Gasteiger partial charge in [-0.3, -0.25) is 14.1 Å². The average Bonchev–Trinajstić information content (AvgIpc) is 3.14. The highest BCUT2D eigenvalue weighted by Gasteiger charge is 2.22. The van der Waals surface area contributed by atoms with Gasteiger partial charge >= 0.3 is 19.8 Å². The van der Waals surface area contributed by atoms with Crippen LogP contribution in [-0.2, 0) is 28.2 Å². The number of allylic oxidation sites excluding steroid dienone is 16. The van der Waals surface area contributed by atoms with Crippen molar-refractivity contribution in [2.45, 2.75) is 161 Å². The first-order chi connectivity index (χ1) is 26.3. The molecule has 0 aromatic carbocycles. The minimum atomic E-state index is -4.79. The largest absolute Gasteiger partial charge is 0.469 e. The van der Waals surface area contributed by atoms with Gasteiger partial charge in [0, 0.05) is 12.8 Å². The number of hydrogen-bond donors (Lipinski definition) is 2. The van der Waals surface area contributed by atoms with Crippen molar-refractivity contribution in [1.82, 2.24) is 0 Å². The molecule has 0 spiro atoms. The fourth-order valence-corrected chi connectivity index (χ4v) is 5.37. The van der Waals surface area contributed by atoms with Crippen LogP contribution < -0.4 is 0 Å². The summed E-state index contributed by atoms with van der Waals surface area (Å²) in [6.07, 6.45) is 54.2. The first-order valence-corrected chi connectivity index (χ1v) is 22.1. The van der Waals surface area contributed by atoms with E-state index in [1.165, 1.54) is 51.4 Å². The smallest absolute Gasteiger partial charge is 0.462 e. The molecule has 0 aromatic rings. The standard InChI is InChI=1S/C45H73O8P/c1-3-5-7-9-11-13-15-17-19-21-22-24-26-28-30-32-34-36-38-40-45(47)53-43(42-52-54(48,49)50)41-51-44(46)39-37-35-33-31-29-27-25-23-20-18-16-14-12-10-8-6-4-2/h11-14,17-20,22,24-25,27-28,30,34,36,43H,3-10,15-16,21,23,26,29,31-33,35,37-42H2,1-2H3,(H2,48,49,50)/b13-11-,14-12-,19-17-,20-18-,24-22-,27-25-,30-28-,36-34-/t43-/m1/s1. The predicted molar refractivity (Wildman–Crippen MR) is 225 cm³/mol. The fraction of sp³-hybridized carbons (Fsp3) is 0.600. The highest BCUT2D eigenvalue weighted by Crippen LogP contribution is 2.35. The minimum absolute atomic E-state index is 0.0776. The number of phosphoric ester groups is 1. The van der Waals surface area contributed by atoms with Crippen LogP contribution in [0.1, 0.15) is 155 Å². The number of unbranched alkanes of at least 4 members (excludes halogenated alkanes) is 10. The molecule has 54 heavy (non-hydrogen) atoms. The van der Waals surface area contributed by atoms with Gasteiger partial charge in [0.05, 0.1) is 6.61 Å². The van der Waals surface area contributed by atoms with Gasteiger partial charge in [-0.05, 0) is 89.9 Å². The molecule has 0 bridgehead atoms. The molecule has 0 aliphatic rings. The Morgan fingerprint density at radius 1 is 0.481 bits per heavy atom. The van der Waals surface area contributed by atoms with E-state index in [2.05, 4.69) is 103 Å². The zero-order chi connectivity index (χ0) is 39.6. The molecule has 1 atom stereocenters. The lowest BCUT2D eigenvalue weighted by molar-refractivity contribution is -0.161. The van der Waals surface area contributed by atoms with E-state index in [4.69, 9.17) is 19.3 Å². The number of esters is 2. The first-order valence-electron chi connectivity index (χ1n) is 20.5. The van der Waals surface area contributed by atoms with E-state index in [0.717, 1.165) is 64.2 Å². The SMILES string of the molecule is CCCCC/C=C\C/C=C\C/C=C\C/C=C\C/C=C\CCC(=O)O[C@H](COC(=O)CCCCCC/C=C\C/C=C\C/C=C\CCCCC)COP(=O)(O)O. The van der Waals surface area contributed by atoms with Crippen molar-refractivity contribution in [1.29, 1.82) is 0 Å². The van der Waals surface area contributed by atoms with Gasteiger partial charge in [-0.1, -0.05) is 150 Å². The number of rotatable bonds is 36. The summed E-state index contributed by atoms with van der Waals surface area (Å²) in [5.74, 6) is -1.02. The lowest BCUT2D eigenvalue weighted by Crippen LogP contribution is -2.29. The van der Waals surface area contributed by atoms with Crippen LogP contribution in [0.5, 0.6) is 0 Å². The molecule has 0 aromatic heterocycles. The molecule has 306 valence electrons. The molecular formula is C45H73O8P. The lowest BCUT2D eigenvalue weighted by atomic mass is 10.1. The average molecular weight is 773 g/mol. The van der Waals surface area contributed by atoms with Crippen LogP contribution in [0, 0.1) is 0 Å². The van der Waals surface area contributed by atoms with Gasteiger partial charge in [-0.2, -0.15) is 0 Å². The molecule has 0 heterocycles. The van der Waals surface area contributed by atoms with Crippen LogP contribution in [0.2, 0.25) is 0 Å². The van der Waals surface area contributed by atoms with E-state index >= 15 is 0 Å². The lowest BCUT2D eigenvalue weighted by Gasteiger charge is -2.18. The zero-order valence-electron chi connectivity index (χ0n) is 33.6. The summed E-state index contributed by atoms with van der Waals surface area (Å²) in [6.45, 7) is 3.53. The summed E-state index contributed by atoms with van der Waals surface area (Å²) in [5.41, 5.74) is 0. The molecule has 0 fully saturated rings. The maximum absolute atomic E-state index is 12.4. The molecular weight excluding hydrogens is 699 g/mol. The topological polar surface area (TPSA) is 119 Å². The number of hydrogen-bond acceptors (Lipinski definition) is 6. The molecule has 0 unspecified atom stereocenters. The predicted octanol–water partition coefficient (Wildman–Crippen LogP) is 12.6. The summed E-state index contributed by atoms with van der Waals surface area (Å²) in [5, 5.41) is 0. The van der Waals surface area contributed by atoms with Gasteiger partial charge < -0.3 is 19.3 Å². The molecule has 8 nitrogen and oxygen atoms in total. The van der Waals surface area contributed by atoms with Gasteiger partial charge in [0.15, 0.2) is 6.10 Å². The normalized spacial score (nSPS) is 13.5. The van der Waals surface area contributed by atoms with Crippen molar-refractivity contribution in [3.05, 3.63) is 97.2 Å². The minimum Gasteiger partial charge on any atom is -0.462 e. The van der Waals surface area contributed by atoms with E-state index < -0.39 is 32.5 Å². The van der Waals surface area contributed by atoms with Crippen LogP contribution in [0.15, 0.2) is 97.2 Å². The van der Waals surface area contributed by atoms with E-state index in [1.807, 2.05) is 12.2 Å². The third-order valence-electron chi connectivity index (χ3n) is 8.09. The molecule has 0 radical (unpaired) electrons. The number of carbonyl (C=O) groups excluding carboxylic acids is 2. The Hall–Kier alpha value is -3.03. The molecule has 0 aliphatic carbocycles. The molecule has 0 saturated carbocycles. The van der Waals surface area contributed by atoms with E-state index in [9.17, 15) is 14.2 Å². The Morgan fingerprint density at radius 2 is 0.870 bits per heavy atom. The van der Waals surface area contributed by atoms with Gasteiger partial charge in [-0.15, -0.1) is 0 Å². The third-order valence-corrected chi connectivity index (χ3v) is 8.57. The Labute approximate surface area is 328 Å². The summed E-state index contributed by atoms with van der Waals surface area (Å²) >= 11 is 0. The Balaban J connectivity index is 4.14. The van der Waals surface area contributed by atoms with Crippen LogP contribution in [0.3, 0.4) is 0 Å². The zero-order valence-corrected chi connectivity index (χ0v) is 34.5. The van der Waals surface area contributed by atoms with Gasteiger partial charge in [-0.25, -0.2) is 4.57 Å². The second-order valence-corrected chi connectivity index (χ2v) is 14.5. The molecule has 0 saturated heterocycles. The second-order valence-electron chi connectivity index (χ2n) is 13.2. The molecule has 0 aliphatic heterocycles. The van der Waals surface area contributed by atoms with Crippen molar-refractivity contribution in [3.63, 3.8) is 0 Å². The number of phosphoric acid groups is 1. The first kappa shape index (κ1) is 51.0. The summed E-state index contributed by atoms with van der Waals surface area (Å²) < 4.78 is 26.3. The second kappa shape index (κ2) is 39.7. The molecule has 2 N–H and O–H groups in total. The van der Waals surface area contributed by atoms with Crippen molar-refractivity contribution in [3.8, 4) is 0 Å². The van der Waals surface area contributed by atoms with E-state index in [1.54, 1.807) is 0 Å². The van der Waals surface area contributed by atoms with Crippen molar-refractivity contribution >= 4 is 19.8 Å². The van der Waals surface area contributed by atoms with Gasteiger partial charge in [0.2, 0.25) is 0 Å². The van der Waals surface area contributed by atoms with Crippen LogP contribution in [0.4, 0.5) is 0 Å². The molecule has 9 heteroatoms. The monoisotopic (exact) mass is 773 g/mol. The van der Waals surface area contributed by atoms with E-state index in [0.29, 0.717) is 12.8 Å². The van der Waals surface area contributed by atoms with Crippen molar-refractivity contribution in [2.75, 3.05) is 13.2 Å². The van der Waals surface area contributed by atoms with Gasteiger partial charge in [0.1, 0.15) is 6.61 Å². The maximum atomic E-state index is 12.4. The van der Waals surface area contributed by atoms with Gasteiger partial charge in [0.25, 0.3) is 0 Å². The summed E-state index contributed by atoms with van der Waals surface area (Å²) in [4.78, 5) is 42.8. The van der Waals surface area contributed by atoms with E-state index in [-0.39, 0.29) is 19.4 Å². The maximum Gasteiger partial charge on any atom is 0.469 e. The highest BCUT2D eigenvalue weighted by atomic mass is 31.2. The Morgan fingerprint density at radius 3 is 1.30 bits per heavy atom. The fourth-order valence-electron chi connectivity index (χ4n) is 5.01. The summed E-state index contributed by atoms with van der Waals surface area (Å²) in [6, 6.07) is 0. The van der Waals surface area contributed by atoms with Crippen molar-refractivity contribution in [2.24, 2.45) is 0 Å². The third kappa shape index (κ3) is 41.7. The van der Waals surface area contributed by atoms with Crippen LogP contribution >= 0.6 is 7.82 Å². The highest BCUT2D eigenvalue weighted by molar-refractivity contribution is 7.46. The molecule has 0 amide bonds. The number of carbonyl (C=O) groups is 2. The summed E-state index contributed by atoms with van der Waals surface area (Å²) in [7, 11) is -4.79. The van der Waals surface area contributed by atoms with Crippen LogP contribution in [0.25, 0.3) is 0 Å². The van der Waals surface area contributed by atoms with Crippen LogP contribution in [-0.4, -0.2) is 41.0 Å². The Bertz CT molecular complexity index is 1190. The Kier molecular flexibility index (Phi) is 37.4. The number of ether oxygens (including phenoxy) is 2. The quantitative estimate of drug-likeness (QED) is 0.0280. The molecule has 0 rings (SSSR count). The van der Waals surface area contributed by atoms with Crippen molar-refractivity contribution < 1.29 is 37.9 Å².